The average molecular weight is 321 g/mol. The Kier molecular flexibility index (Phi) is 6.73. The van der Waals surface area contributed by atoms with E-state index in [1.165, 1.54) is 12.4 Å². The third-order valence-corrected chi connectivity index (χ3v) is 4.52. The summed E-state index contributed by atoms with van der Waals surface area (Å²) in [6, 6.07) is 0.302. The number of hydrogen-bond donors (Lipinski definition) is 2. The van der Waals surface area contributed by atoms with Crippen LogP contribution in [0.1, 0.15) is 37.2 Å². The van der Waals surface area contributed by atoms with Crippen molar-refractivity contribution in [1.82, 2.24) is 20.2 Å². The zero-order chi connectivity index (χ0) is 16.7. The van der Waals surface area contributed by atoms with Gasteiger partial charge in [-0.2, -0.15) is 0 Å². The summed E-state index contributed by atoms with van der Waals surface area (Å²) in [6.07, 6.45) is 5.13. The number of aromatic nitrogens is 2. The Bertz CT molecular complexity index is 501. The van der Waals surface area contributed by atoms with Gasteiger partial charge in [0.15, 0.2) is 11.5 Å². The molecule has 3 N–H and O–H groups in total. The van der Waals surface area contributed by atoms with Crippen LogP contribution in [0, 0.1) is 5.92 Å². The Balaban J connectivity index is 2.02. The van der Waals surface area contributed by atoms with Gasteiger partial charge in [-0.1, -0.05) is 26.7 Å². The van der Waals surface area contributed by atoms with Crippen LogP contribution < -0.4 is 11.1 Å². The van der Waals surface area contributed by atoms with Gasteiger partial charge in [0.1, 0.15) is 0 Å². The first kappa shape index (κ1) is 17.6. The van der Waals surface area contributed by atoms with Crippen LogP contribution in [0.3, 0.4) is 0 Å². The van der Waals surface area contributed by atoms with Crippen molar-refractivity contribution < 1.29 is 9.53 Å². The van der Waals surface area contributed by atoms with E-state index >= 15 is 0 Å². The summed E-state index contributed by atoms with van der Waals surface area (Å²) in [7, 11) is 0. The van der Waals surface area contributed by atoms with E-state index in [4.69, 9.17) is 10.5 Å². The first-order chi connectivity index (χ1) is 11.2. The molecule has 1 saturated heterocycles. The molecule has 1 aliphatic heterocycles. The Hall–Kier alpha value is -1.73. The van der Waals surface area contributed by atoms with E-state index in [1.54, 1.807) is 0 Å². The fraction of sp³-hybridized carbons (Fsp3) is 0.688. The summed E-state index contributed by atoms with van der Waals surface area (Å²) >= 11 is 0. The van der Waals surface area contributed by atoms with Crippen LogP contribution >= 0.6 is 0 Å². The lowest BCUT2D eigenvalue weighted by molar-refractivity contribution is 0.00190. The minimum absolute atomic E-state index is 0.162. The van der Waals surface area contributed by atoms with Crippen molar-refractivity contribution in [1.29, 1.82) is 0 Å². The number of anilines is 1. The number of nitrogens with zero attached hydrogens (tertiary/aromatic N) is 3. The lowest BCUT2D eigenvalue weighted by Crippen LogP contribution is -2.52. The molecule has 0 aliphatic carbocycles. The predicted octanol–water partition coefficient (Wildman–Crippen LogP) is 0.926. The molecule has 1 aromatic heterocycles. The number of nitrogens with one attached hydrogen (secondary N) is 1. The molecule has 0 unspecified atom stereocenters. The lowest BCUT2D eigenvalue weighted by atomic mass is 9.92. The van der Waals surface area contributed by atoms with Crippen molar-refractivity contribution in [3.8, 4) is 0 Å². The zero-order valence-corrected chi connectivity index (χ0v) is 14.0. The SMILES string of the molecule is CCC(CC)[C@@H](CNC(=O)c1nccnc1N)N1CCOCC1. The molecule has 0 bridgehead atoms. The van der Waals surface area contributed by atoms with Crippen LogP contribution in [0.2, 0.25) is 0 Å². The first-order valence-electron chi connectivity index (χ1n) is 8.33. The highest BCUT2D eigenvalue weighted by Gasteiger charge is 2.27. The molecule has 1 aliphatic rings. The molecule has 2 rings (SSSR count). The van der Waals surface area contributed by atoms with Gasteiger partial charge in [-0.25, -0.2) is 9.97 Å². The molecule has 1 amide bonds. The van der Waals surface area contributed by atoms with Crippen LogP contribution in [0.15, 0.2) is 12.4 Å². The third-order valence-electron chi connectivity index (χ3n) is 4.52. The van der Waals surface area contributed by atoms with Crippen LogP contribution in [-0.2, 0) is 4.74 Å². The van der Waals surface area contributed by atoms with Gasteiger partial charge in [0.05, 0.1) is 13.2 Å². The maximum absolute atomic E-state index is 12.3. The molecule has 1 fully saturated rings. The molecule has 0 radical (unpaired) electrons. The van der Waals surface area contributed by atoms with Crippen LogP contribution in [0.25, 0.3) is 0 Å². The smallest absolute Gasteiger partial charge is 0.273 e. The number of carbonyl (C=O) groups excluding carboxylic acids is 1. The molecule has 0 spiro atoms. The number of carbonyl (C=O) groups is 1. The summed E-state index contributed by atoms with van der Waals surface area (Å²) in [5, 5.41) is 2.98. The van der Waals surface area contributed by atoms with Gasteiger partial charge in [-0.3, -0.25) is 9.69 Å². The molecule has 0 aromatic carbocycles. The van der Waals surface area contributed by atoms with E-state index in [0.29, 0.717) is 18.5 Å². The average Bonchev–Trinajstić information content (AvgIpc) is 2.59. The molecule has 2 heterocycles. The quantitative estimate of drug-likeness (QED) is 0.776. The summed E-state index contributed by atoms with van der Waals surface area (Å²) in [5.74, 6) is 0.433. The molecular formula is C16H27N5O2. The van der Waals surface area contributed by atoms with Crippen LogP contribution in [0.5, 0.6) is 0 Å². The van der Waals surface area contributed by atoms with Crippen molar-refractivity contribution >= 4 is 11.7 Å². The van der Waals surface area contributed by atoms with Crippen LogP contribution in [0.4, 0.5) is 5.82 Å². The van der Waals surface area contributed by atoms with E-state index in [1.807, 2.05) is 0 Å². The standard InChI is InChI=1S/C16H27N5O2/c1-3-12(4-2)13(21-7-9-23-10-8-21)11-20-16(22)14-15(17)19-6-5-18-14/h5-6,12-13H,3-4,7-11H2,1-2H3,(H2,17,19)(H,20,22)/t13-/m1/s1. The summed E-state index contributed by atoms with van der Waals surface area (Å²) in [4.78, 5) is 22.7. The molecule has 7 nitrogen and oxygen atoms in total. The van der Waals surface area contributed by atoms with Crippen molar-refractivity contribution in [2.75, 3.05) is 38.6 Å². The van der Waals surface area contributed by atoms with E-state index < -0.39 is 0 Å². The Morgan fingerprint density at radius 2 is 1.96 bits per heavy atom. The van der Waals surface area contributed by atoms with Gasteiger partial charge in [0.2, 0.25) is 0 Å². The first-order valence-corrected chi connectivity index (χ1v) is 8.33. The maximum Gasteiger partial charge on any atom is 0.273 e. The Labute approximate surface area is 137 Å². The Morgan fingerprint density at radius 3 is 2.57 bits per heavy atom. The molecule has 0 saturated carbocycles. The van der Waals surface area contributed by atoms with E-state index in [0.717, 1.165) is 39.1 Å². The number of rotatable bonds is 7. The molecule has 23 heavy (non-hydrogen) atoms. The van der Waals surface area contributed by atoms with Gasteiger partial charge >= 0.3 is 0 Å². The predicted molar refractivity (Wildman–Crippen MR) is 89.0 cm³/mol. The minimum atomic E-state index is -0.264. The topological polar surface area (TPSA) is 93.4 Å². The normalized spacial score (nSPS) is 17.2. The number of morpholine rings is 1. The zero-order valence-electron chi connectivity index (χ0n) is 14.0. The number of nitrogen functional groups attached to an aromatic ring is 1. The molecule has 7 heteroatoms. The summed E-state index contributed by atoms with van der Waals surface area (Å²) in [5.41, 5.74) is 5.91. The molecular weight excluding hydrogens is 294 g/mol. The van der Waals surface area contributed by atoms with Gasteiger partial charge < -0.3 is 15.8 Å². The Morgan fingerprint density at radius 1 is 1.30 bits per heavy atom. The van der Waals surface area contributed by atoms with Gasteiger partial charge in [0.25, 0.3) is 5.91 Å². The third kappa shape index (κ3) is 4.62. The highest BCUT2D eigenvalue weighted by Crippen LogP contribution is 2.19. The monoisotopic (exact) mass is 321 g/mol. The van der Waals surface area contributed by atoms with E-state index in [9.17, 15) is 4.79 Å². The highest BCUT2D eigenvalue weighted by atomic mass is 16.5. The van der Waals surface area contributed by atoms with Gasteiger partial charge in [0, 0.05) is 38.1 Å². The molecule has 1 aromatic rings. The second-order valence-corrected chi connectivity index (χ2v) is 5.79. The highest BCUT2D eigenvalue weighted by molar-refractivity contribution is 5.96. The maximum atomic E-state index is 12.3. The van der Waals surface area contributed by atoms with Crippen molar-refractivity contribution in [2.24, 2.45) is 5.92 Å². The second-order valence-electron chi connectivity index (χ2n) is 5.79. The van der Waals surface area contributed by atoms with E-state index in [2.05, 4.69) is 34.0 Å². The minimum Gasteiger partial charge on any atom is -0.382 e. The van der Waals surface area contributed by atoms with Crippen molar-refractivity contribution in [3.05, 3.63) is 18.1 Å². The molecule has 128 valence electrons. The summed E-state index contributed by atoms with van der Waals surface area (Å²) in [6.45, 7) is 8.30. The van der Waals surface area contributed by atoms with Gasteiger partial charge in [-0.15, -0.1) is 0 Å². The largest absolute Gasteiger partial charge is 0.382 e. The van der Waals surface area contributed by atoms with Gasteiger partial charge in [-0.05, 0) is 5.92 Å². The fourth-order valence-electron chi connectivity index (χ4n) is 3.14. The second kappa shape index (κ2) is 8.79. The number of ether oxygens (including phenoxy) is 1. The van der Waals surface area contributed by atoms with Crippen molar-refractivity contribution in [2.45, 2.75) is 32.7 Å². The fourth-order valence-corrected chi connectivity index (χ4v) is 3.14. The van der Waals surface area contributed by atoms with Crippen LogP contribution in [-0.4, -0.2) is 59.7 Å². The number of amides is 1. The summed E-state index contributed by atoms with van der Waals surface area (Å²) < 4.78 is 5.44. The van der Waals surface area contributed by atoms with Crippen molar-refractivity contribution in [3.63, 3.8) is 0 Å². The number of nitrogens with two attached hydrogens (primary N) is 1. The molecule has 1 atom stereocenters. The lowest BCUT2D eigenvalue weighted by Gasteiger charge is -2.38. The number of hydrogen-bond acceptors (Lipinski definition) is 6. The van der Waals surface area contributed by atoms with E-state index in [-0.39, 0.29) is 17.4 Å².